The number of rotatable bonds is 4. The van der Waals surface area contributed by atoms with Crippen LogP contribution in [-0.4, -0.2) is 47.7 Å². The van der Waals surface area contributed by atoms with Crippen LogP contribution in [0.2, 0.25) is 0 Å². The van der Waals surface area contributed by atoms with Crippen LogP contribution in [0.1, 0.15) is 19.3 Å². The number of aromatic nitrogens is 1. The van der Waals surface area contributed by atoms with E-state index in [0.29, 0.717) is 12.1 Å². The number of nitrogens with one attached hydrogen (secondary N) is 1. The van der Waals surface area contributed by atoms with Crippen molar-refractivity contribution in [3.8, 4) is 11.3 Å². The molecule has 144 valence electrons. The van der Waals surface area contributed by atoms with E-state index >= 15 is 0 Å². The van der Waals surface area contributed by atoms with Gasteiger partial charge in [0.2, 0.25) is 0 Å². The lowest BCUT2D eigenvalue weighted by Gasteiger charge is -2.26. The molecule has 6 rings (SSSR count). The van der Waals surface area contributed by atoms with E-state index in [4.69, 9.17) is 4.74 Å². The van der Waals surface area contributed by atoms with E-state index in [2.05, 4.69) is 62.7 Å². The molecule has 28 heavy (non-hydrogen) atoms. The van der Waals surface area contributed by atoms with Crippen LogP contribution in [0.15, 0.2) is 53.4 Å². The minimum Gasteiger partial charge on any atom is -0.375 e. The Labute approximate surface area is 170 Å². The third-order valence-corrected chi connectivity index (χ3v) is 7.45. The van der Waals surface area contributed by atoms with Gasteiger partial charge in [0.05, 0.1) is 12.7 Å². The largest absolute Gasteiger partial charge is 0.375 e. The van der Waals surface area contributed by atoms with Crippen LogP contribution >= 0.6 is 11.9 Å². The molecule has 1 aromatic heterocycles. The molecule has 5 heteroatoms. The number of para-hydroxylation sites is 1. The van der Waals surface area contributed by atoms with Gasteiger partial charge in [0.25, 0.3) is 0 Å². The minimum absolute atomic E-state index is 0.439. The van der Waals surface area contributed by atoms with Gasteiger partial charge in [-0.15, -0.1) is 0 Å². The van der Waals surface area contributed by atoms with Crippen molar-refractivity contribution in [1.82, 2.24) is 9.29 Å². The van der Waals surface area contributed by atoms with Gasteiger partial charge < -0.3 is 14.6 Å². The highest BCUT2D eigenvalue weighted by atomic mass is 32.2. The summed E-state index contributed by atoms with van der Waals surface area (Å²) in [6, 6.07) is 18.4. The molecule has 3 aromatic rings. The number of anilines is 1. The van der Waals surface area contributed by atoms with Crippen LogP contribution in [-0.2, 0) is 4.74 Å². The molecule has 3 saturated heterocycles. The first-order valence-corrected chi connectivity index (χ1v) is 11.1. The van der Waals surface area contributed by atoms with Gasteiger partial charge in [0, 0.05) is 58.4 Å². The number of benzene rings is 2. The summed E-state index contributed by atoms with van der Waals surface area (Å²) >= 11 is 1.90. The average Bonchev–Trinajstić information content (AvgIpc) is 3.51. The van der Waals surface area contributed by atoms with E-state index in [0.717, 1.165) is 26.2 Å². The highest BCUT2D eigenvalue weighted by Crippen LogP contribution is 2.41. The fraction of sp³-hybridized carbons (Fsp3) is 0.391. The van der Waals surface area contributed by atoms with E-state index in [1.165, 1.54) is 52.0 Å². The zero-order chi connectivity index (χ0) is 18.5. The number of morpholine rings is 1. The highest BCUT2D eigenvalue weighted by molar-refractivity contribution is 7.97. The Morgan fingerprint density at radius 1 is 1.04 bits per heavy atom. The standard InChI is InChI=1S/C23H25N3OS/c1-2-6-21-16(5-1)11-22(24-21)20-13-19(7-8-23(20)25-9-3-4-10-25)28-26-14-18-12-17(26)15-27-18/h1-2,5-8,11,13,17-18,24H,3-4,9-10,12,14-15H2. The van der Waals surface area contributed by atoms with Gasteiger partial charge in [-0.1, -0.05) is 18.2 Å². The van der Waals surface area contributed by atoms with E-state index in [9.17, 15) is 0 Å². The summed E-state index contributed by atoms with van der Waals surface area (Å²) in [5.41, 5.74) is 5.11. The SMILES string of the molecule is c1ccc2[nH]c(-c3cc(SN4CC5CC4CO5)ccc3N3CCCC3)cc2c1. The van der Waals surface area contributed by atoms with Gasteiger partial charge in [-0.3, -0.25) is 0 Å². The van der Waals surface area contributed by atoms with Crippen molar-refractivity contribution in [2.45, 2.75) is 36.3 Å². The number of aromatic amines is 1. The van der Waals surface area contributed by atoms with E-state index in [1.54, 1.807) is 0 Å². The third kappa shape index (κ3) is 2.93. The smallest absolute Gasteiger partial charge is 0.0728 e. The Kier molecular flexibility index (Phi) is 4.14. The van der Waals surface area contributed by atoms with Crippen LogP contribution in [0.25, 0.3) is 22.2 Å². The van der Waals surface area contributed by atoms with Gasteiger partial charge in [0.1, 0.15) is 0 Å². The molecule has 3 fully saturated rings. The summed E-state index contributed by atoms with van der Waals surface area (Å²) in [6.45, 7) is 4.25. The normalized spacial score (nSPS) is 24.6. The molecular formula is C23H25N3OS. The van der Waals surface area contributed by atoms with Gasteiger partial charge in [-0.05, 0) is 61.5 Å². The zero-order valence-electron chi connectivity index (χ0n) is 15.9. The monoisotopic (exact) mass is 391 g/mol. The van der Waals surface area contributed by atoms with Crippen molar-refractivity contribution in [3.63, 3.8) is 0 Å². The summed E-state index contributed by atoms with van der Waals surface area (Å²) < 4.78 is 8.29. The second-order valence-corrected chi connectivity index (χ2v) is 9.30. The zero-order valence-corrected chi connectivity index (χ0v) is 16.8. The maximum Gasteiger partial charge on any atom is 0.0728 e. The molecular weight excluding hydrogens is 366 g/mol. The van der Waals surface area contributed by atoms with E-state index in [-0.39, 0.29) is 0 Å². The lowest BCUT2D eigenvalue weighted by Crippen LogP contribution is -2.31. The van der Waals surface area contributed by atoms with Crippen LogP contribution in [0.5, 0.6) is 0 Å². The summed E-state index contributed by atoms with van der Waals surface area (Å²) in [5, 5.41) is 1.27. The fourth-order valence-electron chi connectivity index (χ4n) is 4.85. The maximum absolute atomic E-state index is 5.77. The number of H-pyrrole nitrogens is 1. The van der Waals surface area contributed by atoms with Gasteiger partial charge in [0.15, 0.2) is 0 Å². The maximum atomic E-state index is 5.77. The minimum atomic E-state index is 0.439. The topological polar surface area (TPSA) is 31.5 Å². The Hall–Kier alpha value is -1.95. The van der Waals surface area contributed by atoms with E-state index < -0.39 is 0 Å². The number of nitrogens with zero attached hydrogens (tertiary/aromatic N) is 2. The van der Waals surface area contributed by atoms with Crippen LogP contribution < -0.4 is 4.90 Å². The molecule has 3 aliphatic rings. The van der Waals surface area contributed by atoms with Gasteiger partial charge in [-0.2, -0.15) is 0 Å². The second-order valence-electron chi connectivity index (χ2n) is 8.18. The Morgan fingerprint density at radius 3 is 2.71 bits per heavy atom. The predicted molar refractivity (Wildman–Crippen MR) is 116 cm³/mol. The first kappa shape index (κ1) is 17.0. The summed E-state index contributed by atoms with van der Waals surface area (Å²) in [7, 11) is 0. The van der Waals surface area contributed by atoms with Gasteiger partial charge >= 0.3 is 0 Å². The molecule has 0 radical (unpaired) electrons. The first-order chi connectivity index (χ1) is 13.8. The number of ether oxygens (including phenoxy) is 1. The quantitative estimate of drug-likeness (QED) is 0.640. The van der Waals surface area contributed by atoms with Crippen molar-refractivity contribution in [1.29, 1.82) is 0 Å². The van der Waals surface area contributed by atoms with Gasteiger partial charge in [-0.25, -0.2) is 4.31 Å². The van der Waals surface area contributed by atoms with Crippen molar-refractivity contribution < 1.29 is 4.74 Å². The Bertz CT molecular complexity index is 977. The molecule has 2 atom stereocenters. The van der Waals surface area contributed by atoms with Crippen molar-refractivity contribution >= 4 is 28.5 Å². The molecule has 3 aliphatic heterocycles. The Balaban J connectivity index is 1.38. The third-order valence-electron chi connectivity index (χ3n) is 6.31. The summed E-state index contributed by atoms with van der Waals surface area (Å²) in [6.07, 6.45) is 4.21. The summed E-state index contributed by atoms with van der Waals surface area (Å²) in [4.78, 5) is 7.52. The average molecular weight is 392 g/mol. The number of fused-ring (bicyclic) bond motifs is 3. The van der Waals surface area contributed by atoms with Crippen LogP contribution in [0, 0.1) is 0 Å². The molecule has 0 amide bonds. The second kappa shape index (κ2) is 6.83. The molecule has 4 nitrogen and oxygen atoms in total. The number of hydrogen-bond donors (Lipinski definition) is 1. The molecule has 4 heterocycles. The molecule has 2 bridgehead atoms. The van der Waals surface area contributed by atoms with Crippen LogP contribution in [0.3, 0.4) is 0 Å². The molecule has 0 spiro atoms. The fourth-order valence-corrected chi connectivity index (χ4v) is 5.96. The highest BCUT2D eigenvalue weighted by Gasteiger charge is 2.39. The van der Waals surface area contributed by atoms with Crippen LogP contribution in [0.4, 0.5) is 5.69 Å². The molecule has 0 saturated carbocycles. The lowest BCUT2D eigenvalue weighted by atomic mass is 10.1. The predicted octanol–water partition coefficient (Wildman–Crippen LogP) is 4.92. The van der Waals surface area contributed by atoms with E-state index in [1.807, 2.05) is 11.9 Å². The molecule has 2 unspecified atom stereocenters. The first-order valence-electron chi connectivity index (χ1n) is 10.4. The Morgan fingerprint density at radius 2 is 1.93 bits per heavy atom. The van der Waals surface area contributed by atoms with Crippen molar-refractivity contribution in [2.75, 3.05) is 31.1 Å². The van der Waals surface area contributed by atoms with Crippen molar-refractivity contribution in [3.05, 3.63) is 48.5 Å². The molecule has 0 aliphatic carbocycles. The number of hydrogen-bond acceptors (Lipinski definition) is 4. The lowest BCUT2D eigenvalue weighted by molar-refractivity contribution is 0.0643. The molecule has 2 aromatic carbocycles. The molecule has 1 N–H and O–H groups in total. The summed E-state index contributed by atoms with van der Waals surface area (Å²) in [5.74, 6) is 0. The van der Waals surface area contributed by atoms with Crippen molar-refractivity contribution in [2.24, 2.45) is 0 Å².